The zero-order valence-electron chi connectivity index (χ0n) is 10.6. The molecule has 0 aliphatic carbocycles. The molecule has 1 rings (SSSR count). The molecule has 1 unspecified atom stereocenters. The van der Waals surface area contributed by atoms with Crippen molar-refractivity contribution in [2.45, 2.75) is 26.7 Å². The molecule has 0 aromatic heterocycles. The molecule has 0 radical (unpaired) electrons. The molecule has 3 nitrogen and oxygen atoms in total. The summed E-state index contributed by atoms with van der Waals surface area (Å²) in [6, 6.07) is 5.68. The Morgan fingerprint density at radius 1 is 1.28 bits per heavy atom. The highest BCUT2D eigenvalue weighted by Gasteiger charge is 2.29. The molecule has 0 amide bonds. The van der Waals surface area contributed by atoms with Crippen LogP contribution in [0.3, 0.4) is 0 Å². The fourth-order valence-corrected chi connectivity index (χ4v) is 1.74. The first kappa shape index (κ1) is 14.4. The predicted octanol–water partition coefficient (Wildman–Crippen LogP) is 2.99. The van der Waals surface area contributed by atoms with Gasteiger partial charge in [0.1, 0.15) is 11.7 Å². The lowest BCUT2D eigenvalue weighted by atomic mass is 9.93. The average molecular weight is 252 g/mol. The number of esters is 1. The largest absolute Gasteiger partial charge is 0.465 e. The highest BCUT2D eigenvalue weighted by Crippen LogP contribution is 2.18. The predicted molar refractivity (Wildman–Crippen MR) is 65.8 cm³/mol. The zero-order chi connectivity index (χ0) is 13.5. The second-order valence-corrected chi connectivity index (χ2v) is 3.94. The smallest absolute Gasteiger partial charge is 0.316 e. The molecule has 0 spiro atoms. The number of Topliss-reactive ketones (excluding diaryl/α,β-unsaturated/α-hetero) is 1. The van der Waals surface area contributed by atoms with Crippen LogP contribution in [0, 0.1) is 11.7 Å². The van der Waals surface area contributed by atoms with Crippen LogP contribution in [0.25, 0.3) is 0 Å². The first-order valence-electron chi connectivity index (χ1n) is 6.07. The van der Waals surface area contributed by atoms with Crippen LogP contribution in [0.15, 0.2) is 24.3 Å². The van der Waals surface area contributed by atoms with E-state index >= 15 is 0 Å². The summed E-state index contributed by atoms with van der Waals surface area (Å²) in [4.78, 5) is 23.8. The molecule has 0 aliphatic rings. The van der Waals surface area contributed by atoms with Crippen LogP contribution in [0.2, 0.25) is 0 Å². The van der Waals surface area contributed by atoms with Crippen molar-refractivity contribution in [3.63, 3.8) is 0 Å². The summed E-state index contributed by atoms with van der Waals surface area (Å²) >= 11 is 0. The maximum Gasteiger partial charge on any atom is 0.316 e. The van der Waals surface area contributed by atoms with Crippen LogP contribution in [-0.4, -0.2) is 18.4 Å². The molecule has 0 heterocycles. The van der Waals surface area contributed by atoms with Gasteiger partial charge in [-0.3, -0.25) is 9.59 Å². The molecular weight excluding hydrogens is 235 g/mol. The summed E-state index contributed by atoms with van der Waals surface area (Å²) in [6.07, 6.45) is 1.02. The number of hydrogen-bond donors (Lipinski definition) is 0. The van der Waals surface area contributed by atoms with Crippen molar-refractivity contribution < 1.29 is 18.7 Å². The summed E-state index contributed by atoms with van der Waals surface area (Å²) < 4.78 is 18.4. The van der Waals surface area contributed by atoms with Crippen LogP contribution in [0.5, 0.6) is 0 Å². The molecule has 1 atom stereocenters. The van der Waals surface area contributed by atoms with E-state index < -0.39 is 23.5 Å². The molecule has 0 saturated heterocycles. The number of ether oxygens (including phenoxy) is 1. The van der Waals surface area contributed by atoms with Gasteiger partial charge in [-0.2, -0.15) is 0 Å². The van der Waals surface area contributed by atoms with Crippen molar-refractivity contribution in [2.24, 2.45) is 5.92 Å². The van der Waals surface area contributed by atoms with Gasteiger partial charge in [-0.1, -0.05) is 25.5 Å². The average Bonchev–Trinajstić information content (AvgIpc) is 2.36. The SMILES string of the molecule is CCCC(C(=O)OCC)C(=O)c1ccccc1F. The number of benzene rings is 1. The molecule has 1 aromatic carbocycles. The van der Waals surface area contributed by atoms with Crippen molar-refractivity contribution in [3.05, 3.63) is 35.6 Å². The van der Waals surface area contributed by atoms with Gasteiger partial charge in [0.05, 0.1) is 12.2 Å². The monoisotopic (exact) mass is 252 g/mol. The van der Waals surface area contributed by atoms with E-state index in [4.69, 9.17) is 4.74 Å². The summed E-state index contributed by atoms with van der Waals surface area (Å²) in [6.45, 7) is 3.75. The van der Waals surface area contributed by atoms with Crippen LogP contribution in [0.1, 0.15) is 37.0 Å². The van der Waals surface area contributed by atoms with Gasteiger partial charge >= 0.3 is 5.97 Å². The Hall–Kier alpha value is -1.71. The van der Waals surface area contributed by atoms with E-state index in [0.29, 0.717) is 12.8 Å². The van der Waals surface area contributed by atoms with Crippen molar-refractivity contribution in [3.8, 4) is 0 Å². The van der Waals surface area contributed by atoms with Gasteiger partial charge in [0.25, 0.3) is 0 Å². The number of ketones is 1. The van der Waals surface area contributed by atoms with Gasteiger partial charge < -0.3 is 4.74 Å². The van der Waals surface area contributed by atoms with Gasteiger partial charge in [0.2, 0.25) is 0 Å². The van der Waals surface area contributed by atoms with E-state index in [9.17, 15) is 14.0 Å². The molecule has 0 bridgehead atoms. The standard InChI is InChI=1S/C14H17FO3/c1-3-7-11(14(17)18-4-2)13(16)10-8-5-6-9-12(10)15/h5-6,8-9,11H,3-4,7H2,1-2H3. The Morgan fingerprint density at radius 3 is 2.50 bits per heavy atom. The Morgan fingerprint density at radius 2 is 1.94 bits per heavy atom. The lowest BCUT2D eigenvalue weighted by molar-refractivity contribution is -0.146. The van der Waals surface area contributed by atoms with E-state index in [-0.39, 0.29) is 12.2 Å². The first-order chi connectivity index (χ1) is 8.61. The Balaban J connectivity index is 2.96. The lowest BCUT2D eigenvalue weighted by Crippen LogP contribution is -2.27. The molecule has 0 saturated carbocycles. The summed E-state index contributed by atoms with van der Waals surface area (Å²) in [7, 11) is 0. The van der Waals surface area contributed by atoms with Crippen LogP contribution in [-0.2, 0) is 9.53 Å². The molecule has 1 aromatic rings. The Bertz CT molecular complexity index is 429. The van der Waals surface area contributed by atoms with Crippen molar-refractivity contribution in [1.82, 2.24) is 0 Å². The number of rotatable bonds is 6. The third-order valence-electron chi connectivity index (χ3n) is 2.60. The highest BCUT2D eigenvalue weighted by molar-refractivity contribution is 6.08. The van der Waals surface area contributed by atoms with E-state index in [1.165, 1.54) is 18.2 Å². The maximum atomic E-state index is 13.5. The third kappa shape index (κ3) is 3.39. The number of hydrogen-bond acceptors (Lipinski definition) is 3. The van der Waals surface area contributed by atoms with Crippen LogP contribution < -0.4 is 0 Å². The van der Waals surface area contributed by atoms with E-state index in [0.717, 1.165) is 0 Å². The number of carbonyl (C=O) groups is 2. The second kappa shape index (κ2) is 6.89. The fraction of sp³-hybridized carbons (Fsp3) is 0.429. The topological polar surface area (TPSA) is 43.4 Å². The van der Waals surface area contributed by atoms with Gasteiger partial charge in [-0.15, -0.1) is 0 Å². The van der Waals surface area contributed by atoms with Gasteiger partial charge in [-0.25, -0.2) is 4.39 Å². The second-order valence-electron chi connectivity index (χ2n) is 3.94. The first-order valence-corrected chi connectivity index (χ1v) is 6.07. The molecule has 0 N–H and O–H groups in total. The highest BCUT2D eigenvalue weighted by atomic mass is 19.1. The maximum absolute atomic E-state index is 13.5. The third-order valence-corrected chi connectivity index (χ3v) is 2.60. The summed E-state index contributed by atoms with van der Waals surface area (Å²) in [5.74, 6) is -2.60. The normalized spacial score (nSPS) is 11.9. The Kier molecular flexibility index (Phi) is 5.49. The number of carbonyl (C=O) groups excluding carboxylic acids is 2. The zero-order valence-corrected chi connectivity index (χ0v) is 10.6. The Labute approximate surface area is 106 Å². The van der Waals surface area contributed by atoms with Crippen molar-refractivity contribution >= 4 is 11.8 Å². The van der Waals surface area contributed by atoms with Gasteiger partial charge in [-0.05, 0) is 25.5 Å². The summed E-state index contributed by atoms with van der Waals surface area (Å²) in [5.41, 5.74) is -0.0518. The van der Waals surface area contributed by atoms with E-state index in [2.05, 4.69) is 0 Å². The molecule has 0 fully saturated rings. The molecule has 98 valence electrons. The molecule has 0 aliphatic heterocycles. The molecule has 18 heavy (non-hydrogen) atoms. The van der Waals surface area contributed by atoms with Gasteiger partial charge in [0, 0.05) is 0 Å². The fourth-order valence-electron chi connectivity index (χ4n) is 1.74. The minimum Gasteiger partial charge on any atom is -0.465 e. The van der Waals surface area contributed by atoms with E-state index in [1.54, 1.807) is 13.0 Å². The van der Waals surface area contributed by atoms with Gasteiger partial charge in [0.15, 0.2) is 5.78 Å². The summed E-state index contributed by atoms with van der Waals surface area (Å²) in [5, 5.41) is 0. The molecular formula is C14H17FO3. The lowest BCUT2D eigenvalue weighted by Gasteiger charge is -2.13. The van der Waals surface area contributed by atoms with Crippen LogP contribution >= 0.6 is 0 Å². The minimum atomic E-state index is -0.910. The minimum absolute atomic E-state index is 0.0518. The van der Waals surface area contributed by atoms with Crippen LogP contribution in [0.4, 0.5) is 4.39 Å². The number of halogens is 1. The van der Waals surface area contributed by atoms with E-state index in [1.807, 2.05) is 6.92 Å². The molecule has 4 heteroatoms. The van der Waals surface area contributed by atoms with Crippen molar-refractivity contribution in [2.75, 3.05) is 6.61 Å². The quantitative estimate of drug-likeness (QED) is 0.444. The van der Waals surface area contributed by atoms with Crippen molar-refractivity contribution in [1.29, 1.82) is 0 Å².